The summed E-state index contributed by atoms with van der Waals surface area (Å²) < 4.78 is 5.71. The van der Waals surface area contributed by atoms with E-state index in [9.17, 15) is 9.59 Å². The molecule has 1 aromatic carbocycles. The van der Waals surface area contributed by atoms with Gasteiger partial charge in [-0.05, 0) is 38.1 Å². The summed E-state index contributed by atoms with van der Waals surface area (Å²) in [5.41, 5.74) is 2.65. The summed E-state index contributed by atoms with van der Waals surface area (Å²) >= 11 is 0. The molecular formula is C19H21N3O4. The van der Waals surface area contributed by atoms with E-state index in [1.165, 1.54) is 0 Å². The minimum atomic E-state index is -0.761. The predicted octanol–water partition coefficient (Wildman–Crippen LogP) is 1.90. The molecule has 136 valence electrons. The number of amides is 2. The van der Waals surface area contributed by atoms with Gasteiger partial charge in [-0.15, -0.1) is 0 Å². The molecule has 2 N–H and O–H groups in total. The van der Waals surface area contributed by atoms with Crippen molar-refractivity contribution < 1.29 is 19.5 Å². The van der Waals surface area contributed by atoms with Crippen LogP contribution in [0.4, 0.5) is 0 Å². The van der Waals surface area contributed by atoms with Crippen molar-refractivity contribution in [2.75, 3.05) is 13.2 Å². The van der Waals surface area contributed by atoms with Gasteiger partial charge in [-0.1, -0.05) is 12.1 Å². The standard InChI is InChI=1S/C19H21N3O4/c1-19(2,16-5-3-4-8-20-16)18(24)22-9-10-26-15-11-13(17(23)21-25)6-7-14(15)12-22/h3-8,11,25H,9-10,12H2,1-2H3,(H,21,23). The molecule has 1 aliphatic rings. The third-order valence-corrected chi connectivity index (χ3v) is 4.54. The second-order valence-corrected chi connectivity index (χ2v) is 6.68. The Morgan fingerprint density at radius 2 is 2.08 bits per heavy atom. The third-order valence-electron chi connectivity index (χ3n) is 4.54. The van der Waals surface area contributed by atoms with Crippen molar-refractivity contribution in [3.8, 4) is 5.75 Å². The molecule has 0 spiro atoms. The van der Waals surface area contributed by atoms with E-state index in [2.05, 4.69) is 4.98 Å². The van der Waals surface area contributed by atoms with Crippen molar-refractivity contribution in [3.05, 3.63) is 59.4 Å². The summed E-state index contributed by atoms with van der Waals surface area (Å²) in [7, 11) is 0. The first kappa shape index (κ1) is 17.9. The molecule has 1 aromatic heterocycles. The molecule has 0 saturated carbocycles. The van der Waals surface area contributed by atoms with Crippen LogP contribution in [0.5, 0.6) is 5.75 Å². The minimum Gasteiger partial charge on any atom is -0.491 e. The van der Waals surface area contributed by atoms with Crippen LogP contribution in [0.3, 0.4) is 0 Å². The molecule has 2 aromatic rings. The minimum absolute atomic E-state index is 0.0372. The number of hydroxylamine groups is 1. The monoisotopic (exact) mass is 355 g/mol. The molecule has 7 nitrogen and oxygen atoms in total. The zero-order valence-corrected chi connectivity index (χ0v) is 14.7. The Morgan fingerprint density at radius 3 is 2.77 bits per heavy atom. The van der Waals surface area contributed by atoms with Crippen LogP contribution in [0.25, 0.3) is 0 Å². The van der Waals surface area contributed by atoms with Crippen molar-refractivity contribution in [2.24, 2.45) is 0 Å². The number of carbonyl (C=O) groups excluding carboxylic acids is 2. The third kappa shape index (κ3) is 3.39. The summed E-state index contributed by atoms with van der Waals surface area (Å²) in [6.07, 6.45) is 1.68. The first-order valence-electron chi connectivity index (χ1n) is 8.34. The molecule has 3 rings (SSSR count). The highest BCUT2D eigenvalue weighted by Gasteiger charge is 2.36. The summed E-state index contributed by atoms with van der Waals surface area (Å²) in [4.78, 5) is 30.8. The van der Waals surface area contributed by atoms with Gasteiger partial charge in [0, 0.05) is 23.9 Å². The van der Waals surface area contributed by atoms with E-state index in [1.54, 1.807) is 34.8 Å². The Morgan fingerprint density at radius 1 is 1.27 bits per heavy atom. The number of pyridine rings is 1. The van der Waals surface area contributed by atoms with Gasteiger partial charge in [0.25, 0.3) is 5.91 Å². The zero-order valence-electron chi connectivity index (χ0n) is 14.7. The number of nitrogens with one attached hydrogen (secondary N) is 1. The maximum atomic E-state index is 13.1. The quantitative estimate of drug-likeness (QED) is 0.648. The molecule has 0 unspecified atom stereocenters. The van der Waals surface area contributed by atoms with Crippen molar-refractivity contribution in [1.29, 1.82) is 0 Å². The lowest BCUT2D eigenvalue weighted by Crippen LogP contribution is -2.44. The predicted molar refractivity (Wildman–Crippen MR) is 93.9 cm³/mol. The number of hydrogen-bond donors (Lipinski definition) is 2. The van der Waals surface area contributed by atoms with E-state index < -0.39 is 11.3 Å². The van der Waals surface area contributed by atoms with Gasteiger partial charge < -0.3 is 9.64 Å². The molecule has 0 fully saturated rings. The van der Waals surface area contributed by atoms with Crippen molar-refractivity contribution in [2.45, 2.75) is 25.8 Å². The highest BCUT2D eigenvalue weighted by molar-refractivity contribution is 5.94. The molecule has 2 heterocycles. The molecule has 7 heteroatoms. The molecule has 0 aliphatic carbocycles. The fraction of sp³-hybridized carbons (Fsp3) is 0.316. The average molecular weight is 355 g/mol. The second kappa shape index (κ2) is 7.13. The van der Waals surface area contributed by atoms with Crippen LogP contribution < -0.4 is 10.2 Å². The van der Waals surface area contributed by atoms with Crippen LogP contribution in [0, 0.1) is 0 Å². The first-order chi connectivity index (χ1) is 12.4. The number of hydrogen-bond acceptors (Lipinski definition) is 5. The molecule has 1 aliphatic heterocycles. The molecule has 0 bridgehead atoms. The highest BCUT2D eigenvalue weighted by atomic mass is 16.5. The number of benzene rings is 1. The van der Waals surface area contributed by atoms with E-state index in [-0.39, 0.29) is 5.91 Å². The molecule has 0 atom stereocenters. The largest absolute Gasteiger partial charge is 0.491 e. The van der Waals surface area contributed by atoms with E-state index in [0.717, 1.165) is 5.56 Å². The van der Waals surface area contributed by atoms with Crippen LogP contribution in [0.15, 0.2) is 42.6 Å². The van der Waals surface area contributed by atoms with Gasteiger partial charge in [-0.25, -0.2) is 5.48 Å². The maximum absolute atomic E-state index is 13.1. The zero-order chi connectivity index (χ0) is 18.7. The van der Waals surface area contributed by atoms with Crippen LogP contribution in [-0.2, 0) is 16.8 Å². The number of carbonyl (C=O) groups is 2. The van der Waals surface area contributed by atoms with Crippen LogP contribution >= 0.6 is 0 Å². The fourth-order valence-corrected chi connectivity index (χ4v) is 2.99. The van der Waals surface area contributed by atoms with Crippen LogP contribution in [-0.4, -0.2) is 40.1 Å². The number of nitrogens with zero attached hydrogens (tertiary/aromatic N) is 2. The van der Waals surface area contributed by atoms with Gasteiger partial charge in [-0.3, -0.25) is 19.8 Å². The van der Waals surface area contributed by atoms with Crippen molar-refractivity contribution >= 4 is 11.8 Å². The number of aromatic nitrogens is 1. The summed E-state index contributed by atoms with van der Waals surface area (Å²) in [5.74, 6) is -0.105. The van der Waals surface area contributed by atoms with Gasteiger partial charge in [0.1, 0.15) is 12.4 Å². The Balaban J connectivity index is 1.85. The Hall–Kier alpha value is -2.93. The second-order valence-electron chi connectivity index (χ2n) is 6.68. The normalized spacial score (nSPS) is 14.0. The SMILES string of the molecule is CC(C)(C(=O)N1CCOc2cc(C(=O)NO)ccc2C1)c1ccccn1. The van der Waals surface area contributed by atoms with Gasteiger partial charge in [-0.2, -0.15) is 0 Å². The fourth-order valence-electron chi connectivity index (χ4n) is 2.99. The van der Waals surface area contributed by atoms with Gasteiger partial charge in [0.15, 0.2) is 0 Å². The number of ether oxygens (including phenoxy) is 1. The van der Waals surface area contributed by atoms with E-state index in [0.29, 0.717) is 36.7 Å². The molecule has 0 saturated heterocycles. The smallest absolute Gasteiger partial charge is 0.274 e. The summed E-state index contributed by atoms with van der Waals surface area (Å²) in [6.45, 7) is 4.86. The molecular weight excluding hydrogens is 334 g/mol. The van der Waals surface area contributed by atoms with E-state index >= 15 is 0 Å². The lowest BCUT2D eigenvalue weighted by molar-refractivity contribution is -0.137. The highest BCUT2D eigenvalue weighted by Crippen LogP contribution is 2.29. The van der Waals surface area contributed by atoms with Gasteiger partial charge in [0.2, 0.25) is 5.91 Å². The van der Waals surface area contributed by atoms with E-state index in [4.69, 9.17) is 9.94 Å². The van der Waals surface area contributed by atoms with Crippen LogP contribution in [0.2, 0.25) is 0 Å². The lowest BCUT2D eigenvalue weighted by atomic mass is 9.87. The molecule has 26 heavy (non-hydrogen) atoms. The Labute approximate surface area is 151 Å². The topological polar surface area (TPSA) is 91.8 Å². The van der Waals surface area contributed by atoms with E-state index in [1.807, 2.05) is 32.0 Å². The van der Waals surface area contributed by atoms with Gasteiger partial charge >= 0.3 is 0 Å². The Bertz CT molecular complexity index is 821. The number of fused-ring (bicyclic) bond motifs is 1. The van der Waals surface area contributed by atoms with Crippen molar-refractivity contribution in [3.63, 3.8) is 0 Å². The average Bonchev–Trinajstić information content (AvgIpc) is 2.89. The summed E-state index contributed by atoms with van der Waals surface area (Å²) in [6, 6.07) is 10.4. The molecule has 2 amide bonds. The van der Waals surface area contributed by atoms with Gasteiger partial charge in [0.05, 0.1) is 17.7 Å². The van der Waals surface area contributed by atoms with Crippen molar-refractivity contribution in [1.82, 2.24) is 15.4 Å². The summed E-state index contributed by atoms with van der Waals surface area (Å²) in [5, 5.41) is 8.76. The Kier molecular flexibility index (Phi) is 4.90. The number of rotatable bonds is 3. The lowest BCUT2D eigenvalue weighted by Gasteiger charge is -2.30. The maximum Gasteiger partial charge on any atom is 0.274 e. The first-order valence-corrected chi connectivity index (χ1v) is 8.34. The molecule has 0 radical (unpaired) electrons. The van der Waals surface area contributed by atoms with Crippen LogP contribution in [0.1, 0.15) is 35.5 Å².